The third-order valence-electron chi connectivity index (χ3n) is 2.02. The lowest BCUT2D eigenvalue weighted by Crippen LogP contribution is -1.99. The van der Waals surface area contributed by atoms with Gasteiger partial charge in [0, 0.05) is 16.4 Å². The number of nitrogens with zero attached hydrogens (tertiary/aromatic N) is 1. The Morgan fingerprint density at radius 2 is 2.12 bits per heavy atom. The quantitative estimate of drug-likeness (QED) is 0.939. The lowest BCUT2D eigenvalue weighted by Gasteiger charge is -2.06. The number of benzene rings is 1. The fraction of sp³-hybridized carbons (Fsp3) is 0.0833. The zero-order chi connectivity index (χ0) is 11.4. The highest BCUT2D eigenvalue weighted by molar-refractivity contribution is 9.10. The molecule has 0 amide bonds. The molecule has 16 heavy (non-hydrogen) atoms. The second-order valence-corrected chi connectivity index (χ2v) is 4.24. The van der Waals surface area contributed by atoms with Crippen LogP contribution in [0.3, 0.4) is 0 Å². The van der Waals surface area contributed by atoms with Crippen LogP contribution in [0.2, 0.25) is 0 Å². The molecule has 0 saturated carbocycles. The van der Waals surface area contributed by atoms with E-state index < -0.39 is 0 Å². The van der Waals surface area contributed by atoms with Gasteiger partial charge in [-0.25, -0.2) is 0 Å². The summed E-state index contributed by atoms with van der Waals surface area (Å²) in [6, 6.07) is 11.2. The van der Waals surface area contributed by atoms with Crippen molar-refractivity contribution in [2.24, 2.45) is 0 Å². The van der Waals surface area contributed by atoms with Crippen LogP contribution in [0.5, 0.6) is 5.75 Å². The molecule has 0 aliphatic rings. The van der Waals surface area contributed by atoms with Gasteiger partial charge in [-0.3, -0.25) is 4.98 Å². The van der Waals surface area contributed by atoms with Gasteiger partial charge in [0.15, 0.2) is 0 Å². The molecule has 2 N–H and O–H groups in total. The maximum Gasteiger partial charge on any atom is 0.130 e. The number of anilines is 1. The Hall–Kier alpha value is -1.55. The number of halogens is 1. The molecule has 0 bridgehead atoms. The Morgan fingerprint density at radius 1 is 1.25 bits per heavy atom. The molecule has 82 valence electrons. The predicted octanol–water partition coefficient (Wildman–Crippen LogP) is 3.01. The molecule has 2 aromatic rings. The van der Waals surface area contributed by atoms with Gasteiger partial charge >= 0.3 is 0 Å². The maximum atomic E-state index is 5.65. The smallest absolute Gasteiger partial charge is 0.130 e. The van der Waals surface area contributed by atoms with E-state index in [9.17, 15) is 0 Å². The molecule has 3 nitrogen and oxygen atoms in total. The van der Waals surface area contributed by atoms with Crippen molar-refractivity contribution < 1.29 is 4.74 Å². The fourth-order valence-corrected chi connectivity index (χ4v) is 1.67. The summed E-state index contributed by atoms with van der Waals surface area (Å²) < 4.78 is 6.57. The van der Waals surface area contributed by atoms with Gasteiger partial charge in [-0.2, -0.15) is 0 Å². The van der Waals surface area contributed by atoms with E-state index in [0.29, 0.717) is 12.3 Å². The van der Waals surface area contributed by atoms with E-state index in [4.69, 9.17) is 10.5 Å². The van der Waals surface area contributed by atoms with Crippen LogP contribution in [-0.2, 0) is 6.61 Å². The summed E-state index contributed by atoms with van der Waals surface area (Å²) in [5.41, 5.74) is 7.17. The molecule has 0 atom stereocenters. The molecule has 2 rings (SSSR count). The second-order valence-electron chi connectivity index (χ2n) is 3.33. The van der Waals surface area contributed by atoms with Crippen LogP contribution in [0.4, 0.5) is 5.69 Å². The first-order valence-corrected chi connectivity index (χ1v) is 5.62. The molecule has 0 saturated heterocycles. The third-order valence-corrected chi connectivity index (χ3v) is 2.52. The monoisotopic (exact) mass is 278 g/mol. The Balaban J connectivity index is 2.02. The first-order chi connectivity index (χ1) is 7.74. The van der Waals surface area contributed by atoms with E-state index in [1.807, 2.05) is 24.3 Å². The number of rotatable bonds is 3. The summed E-state index contributed by atoms with van der Waals surface area (Å²) in [7, 11) is 0. The number of hydrogen-bond donors (Lipinski definition) is 1. The van der Waals surface area contributed by atoms with Crippen molar-refractivity contribution in [1.82, 2.24) is 4.98 Å². The van der Waals surface area contributed by atoms with E-state index in [2.05, 4.69) is 20.9 Å². The lowest BCUT2D eigenvalue weighted by molar-refractivity contribution is 0.301. The van der Waals surface area contributed by atoms with Crippen LogP contribution >= 0.6 is 15.9 Å². The summed E-state index contributed by atoms with van der Waals surface area (Å²) in [5, 5.41) is 0. The summed E-state index contributed by atoms with van der Waals surface area (Å²) in [5.74, 6) is 0.804. The SMILES string of the molecule is Nc1ccnc(COc2cccc(Br)c2)c1. The number of nitrogen functional groups attached to an aromatic ring is 1. The molecule has 1 aromatic heterocycles. The van der Waals surface area contributed by atoms with Crippen LogP contribution < -0.4 is 10.5 Å². The van der Waals surface area contributed by atoms with E-state index in [1.54, 1.807) is 18.3 Å². The molecule has 1 aromatic carbocycles. The molecule has 0 fully saturated rings. The average Bonchev–Trinajstić information content (AvgIpc) is 2.27. The van der Waals surface area contributed by atoms with Crippen molar-refractivity contribution in [2.75, 3.05) is 5.73 Å². The summed E-state index contributed by atoms with van der Waals surface area (Å²) in [6.07, 6.45) is 1.68. The minimum Gasteiger partial charge on any atom is -0.487 e. The molecule has 0 radical (unpaired) electrons. The zero-order valence-electron chi connectivity index (χ0n) is 8.56. The molecule has 1 heterocycles. The van der Waals surface area contributed by atoms with E-state index in [-0.39, 0.29) is 0 Å². The zero-order valence-corrected chi connectivity index (χ0v) is 10.1. The molecular weight excluding hydrogens is 268 g/mol. The van der Waals surface area contributed by atoms with Gasteiger partial charge in [-0.05, 0) is 30.3 Å². The van der Waals surface area contributed by atoms with E-state index >= 15 is 0 Å². The normalized spacial score (nSPS) is 10.1. The average molecular weight is 279 g/mol. The highest BCUT2D eigenvalue weighted by Crippen LogP contribution is 2.18. The van der Waals surface area contributed by atoms with Crippen LogP contribution in [0, 0.1) is 0 Å². The van der Waals surface area contributed by atoms with Gasteiger partial charge in [0.25, 0.3) is 0 Å². The molecule has 0 aliphatic heterocycles. The Morgan fingerprint density at radius 3 is 2.88 bits per heavy atom. The summed E-state index contributed by atoms with van der Waals surface area (Å²) in [4.78, 5) is 4.16. The Bertz CT molecular complexity index is 442. The number of nitrogens with two attached hydrogens (primary N) is 1. The lowest BCUT2D eigenvalue weighted by atomic mass is 10.3. The van der Waals surface area contributed by atoms with Gasteiger partial charge in [0.2, 0.25) is 0 Å². The topological polar surface area (TPSA) is 48.1 Å². The molecular formula is C12H11BrN2O. The van der Waals surface area contributed by atoms with Gasteiger partial charge in [0.1, 0.15) is 12.4 Å². The van der Waals surface area contributed by atoms with Gasteiger partial charge in [-0.15, -0.1) is 0 Å². The van der Waals surface area contributed by atoms with Crippen molar-refractivity contribution in [3.8, 4) is 5.75 Å². The van der Waals surface area contributed by atoms with Crippen LogP contribution in [0.25, 0.3) is 0 Å². The van der Waals surface area contributed by atoms with Crippen molar-refractivity contribution >= 4 is 21.6 Å². The number of aromatic nitrogens is 1. The van der Waals surface area contributed by atoms with E-state index in [0.717, 1.165) is 15.9 Å². The van der Waals surface area contributed by atoms with Gasteiger partial charge in [0.05, 0.1) is 5.69 Å². The maximum absolute atomic E-state index is 5.65. The summed E-state index contributed by atoms with van der Waals surface area (Å²) >= 11 is 3.38. The Labute approximate surface area is 102 Å². The number of hydrogen-bond acceptors (Lipinski definition) is 3. The van der Waals surface area contributed by atoms with E-state index in [1.165, 1.54) is 0 Å². The molecule has 4 heteroatoms. The first kappa shape index (κ1) is 11.0. The fourth-order valence-electron chi connectivity index (χ4n) is 1.29. The van der Waals surface area contributed by atoms with Gasteiger partial charge in [-0.1, -0.05) is 22.0 Å². The van der Waals surface area contributed by atoms with Crippen LogP contribution in [0.15, 0.2) is 47.1 Å². The molecule has 0 aliphatic carbocycles. The van der Waals surface area contributed by atoms with Gasteiger partial charge < -0.3 is 10.5 Å². The highest BCUT2D eigenvalue weighted by atomic mass is 79.9. The minimum absolute atomic E-state index is 0.418. The van der Waals surface area contributed by atoms with Crippen molar-refractivity contribution in [3.05, 3.63) is 52.8 Å². The van der Waals surface area contributed by atoms with Crippen LogP contribution in [-0.4, -0.2) is 4.98 Å². The predicted molar refractivity (Wildman–Crippen MR) is 67.1 cm³/mol. The Kier molecular flexibility index (Phi) is 3.41. The standard InChI is InChI=1S/C12H11BrN2O/c13-9-2-1-3-12(6-9)16-8-11-7-10(14)4-5-15-11/h1-7H,8H2,(H2,14,15). The largest absolute Gasteiger partial charge is 0.487 e. The molecule has 0 unspecified atom stereocenters. The second kappa shape index (κ2) is 4.99. The van der Waals surface area contributed by atoms with Crippen LogP contribution in [0.1, 0.15) is 5.69 Å². The minimum atomic E-state index is 0.418. The third kappa shape index (κ3) is 2.97. The first-order valence-electron chi connectivity index (χ1n) is 4.83. The molecule has 0 spiro atoms. The number of ether oxygens (including phenoxy) is 1. The summed E-state index contributed by atoms with van der Waals surface area (Å²) in [6.45, 7) is 0.418. The van der Waals surface area contributed by atoms with Crippen molar-refractivity contribution in [2.45, 2.75) is 6.61 Å². The van der Waals surface area contributed by atoms with Crippen molar-refractivity contribution in [3.63, 3.8) is 0 Å². The number of pyridine rings is 1. The highest BCUT2D eigenvalue weighted by Gasteiger charge is 1.98. The van der Waals surface area contributed by atoms with Crippen molar-refractivity contribution in [1.29, 1.82) is 0 Å².